The Hall–Kier alpha value is -2.29. The molecule has 1 atom stereocenters. The van der Waals surface area contributed by atoms with E-state index in [4.69, 9.17) is 5.73 Å². The molecule has 2 aromatic carbocycles. The Morgan fingerprint density at radius 2 is 1.76 bits per heavy atom. The van der Waals surface area contributed by atoms with Gasteiger partial charge in [-0.15, -0.1) is 0 Å². The second-order valence-electron chi connectivity index (χ2n) is 5.15. The van der Waals surface area contributed by atoms with Crippen LogP contribution in [0.1, 0.15) is 30.4 Å². The Kier molecular flexibility index (Phi) is 5.38. The number of nitrogens with two attached hydrogens (primary N) is 1. The lowest BCUT2D eigenvalue weighted by atomic mass is 9.95. The van der Waals surface area contributed by atoms with Crippen molar-refractivity contribution in [3.8, 4) is 0 Å². The first-order chi connectivity index (χ1) is 10.2. The van der Waals surface area contributed by atoms with Crippen molar-refractivity contribution in [1.29, 1.82) is 0 Å². The molecule has 110 valence electrons. The predicted octanol–water partition coefficient (Wildman–Crippen LogP) is 3.12. The highest BCUT2D eigenvalue weighted by Crippen LogP contribution is 2.19. The standard InChI is InChI=1S/C18H22N2O/c1-2-17(15-6-4-3-5-7-15)18(21)20-13-12-14-8-10-16(19)11-9-14/h3-11,17H,2,12-13,19H2,1H3,(H,20,21). The van der Waals surface area contributed by atoms with E-state index in [2.05, 4.69) is 5.32 Å². The van der Waals surface area contributed by atoms with Gasteiger partial charge < -0.3 is 11.1 Å². The number of hydrogen-bond acceptors (Lipinski definition) is 2. The van der Waals surface area contributed by atoms with Crippen LogP contribution in [0.3, 0.4) is 0 Å². The summed E-state index contributed by atoms with van der Waals surface area (Å²) in [6, 6.07) is 17.7. The molecule has 0 fully saturated rings. The summed E-state index contributed by atoms with van der Waals surface area (Å²) in [7, 11) is 0. The lowest BCUT2D eigenvalue weighted by Crippen LogP contribution is -2.30. The maximum Gasteiger partial charge on any atom is 0.227 e. The Balaban J connectivity index is 1.87. The molecule has 0 saturated heterocycles. The molecule has 0 saturated carbocycles. The average Bonchev–Trinajstić information content (AvgIpc) is 2.51. The van der Waals surface area contributed by atoms with Gasteiger partial charge in [0.2, 0.25) is 5.91 Å². The van der Waals surface area contributed by atoms with Crippen LogP contribution >= 0.6 is 0 Å². The van der Waals surface area contributed by atoms with Crippen molar-refractivity contribution < 1.29 is 4.79 Å². The highest BCUT2D eigenvalue weighted by molar-refractivity contribution is 5.83. The lowest BCUT2D eigenvalue weighted by molar-refractivity contribution is -0.122. The number of carbonyl (C=O) groups excluding carboxylic acids is 1. The van der Waals surface area contributed by atoms with Crippen LogP contribution in [0.2, 0.25) is 0 Å². The van der Waals surface area contributed by atoms with Crippen LogP contribution < -0.4 is 11.1 Å². The third kappa shape index (κ3) is 4.35. The third-order valence-corrected chi connectivity index (χ3v) is 3.62. The van der Waals surface area contributed by atoms with Crippen molar-refractivity contribution in [1.82, 2.24) is 5.32 Å². The fourth-order valence-corrected chi connectivity index (χ4v) is 2.40. The Labute approximate surface area is 126 Å². The second kappa shape index (κ2) is 7.48. The van der Waals surface area contributed by atoms with E-state index < -0.39 is 0 Å². The van der Waals surface area contributed by atoms with Crippen LogP contribution in [-0.4, -0.2) is 12.5 Å². The molecule has 0 aliphatic heterocycles. The third-order valence-electron chi connectivity index (χ3n) is 3.62. The first-order valence-electron chi connectivity index (χ1n) is 7.37. The number of nitrogen functional groups attached to an aromatic ring is 1. The zero-order chi connectivity index (χ0) is 15.1. The van der Waals surface area contributed by atoms with Gasteiger partial charge in [0.05, 0.1) is 5.92 Å². The van der Waals surface area contributed by atoms with Gasteiger partial charge in [-0.1, -0.05) is 49.4 Å². The van der Waals surface area contributed by atoms with Crippen LogP contribution in [0, 0.1) is 0 Å². The molecule has 0 aliphatic carbocycles. The number of nitrogens with one attached hydrogen (secondary N) is 1. The van der Waals surface area contributed by atoms with Crippen molar-refractivity contribution >= 4 is 11.6 Å². The van der Waals surface area contributed by atoms with E-state index in [1.54, 1.807) is 0 Å². The molecule has 0 aliphatic rings. The molecule has 0 bridgehead atoms. The van der Waals surface area contributed by atoms with Crippen molar-refractivity contribution in [3.63, 3.8) is 0 Å². The number of rotatable bonds is 6. The smallest absolute Gasteiger partial charge is 0.227 e. The molecule has 0 spiro atoms. The summed E-state index contributed by atoms with van der Waals surface area (Å²) in [6.45, 7) is 2.68. The van der Waals surface area contributed by atoms with Crippen LogP contribution in [-0.2, 0) is 11.2 Å². The number of amides is 1. The monoisotopic (exact) mass is 282 g/mol. The molecule has 0 heterocycles. The topological polar surface area (TPSA) is 55.1 Å². The summed E-state index contributed by atoms with van der Waals surface area (Å²) in [4.78, 5) is 12.3. The lowest BCUT2D eigenvalue weighted by Gasteiger charge is -2.15. The molecule has 3 nitrogen and oxygen atoms in total. The van der Waals surface area contributed by atoms with E-state index in [0.717, 1.165) is 24.1 Å². The van der Waals surface area contributed by atoms with E-state index in [-0.39, 0.29) is 11.8 Å². The molecule has 0 radical (unpaired) electrons. The minimum Gasteiger partial charge on any atom is -0.399 e. The number of carbonyl (C=O) groups is 1. The normalized spacial score (nSPS) is 11.9. The van der Waals surface area contributed by atoms with Crippen LogP contribution in [0.4, 0.5) is 5.69 Å². The van der Waals surface area contributed by atoms with Crippen LogP contribution in [0.15, 0.2) is 54.6 Å². The van der Waals surface area contributed by atoms with E-state index >= 15 is 0 Å². The summed E-state index contributed by atoms with van der Waals surface area (Å²) in [5, 5.41) is 3.03. The second-order valence-corrected chi connectivity index (χ2v) is 5.15. The zero-order valence-electron chi connectivity index (χ0n) is 12.4. The first-order valence-corrected chi connectivity index (χ1v) is 7.37. The molecule has 1 unspecified atom stereocenters. The average molecular weight is 282 g/mol. The van der Waals surface area contributed by atoms with Crippen molar-refractivity contribution in [3.05, 3.63) is 65.7 Å². The SMILES string of the molecule is CCC(C(=O)NCCc1ccc(N)cc1)c1ccccc1. The highest BCUT2D eigenvalue weighted by Gasteiger charge is 2.17. The van der Waals surface area contributed by atoms with Crippen molar-refractivity contribution in [2.75, 3.05) is 12.3 Å². The van der Waals surface area contributed by atoms with Gasteiger partial charge in [-0.25, -0.2) is 0 Å². The Morgan fingerprint density at radius 3 is 2.38 bits per heavy atom. The molecule has 1 amide bonds. The molecule has 21 heavy (non-hydrogen) atoms. The first kappa shape index (κ1) is 15.1. The predicted molar refractivity (Wildman–Crippen MR) is 87.0 cm³/mol. The van der Waals surface area contributed by atoms with Gasteiger partial charge in [-0.2, -0.15) is 0 Å². The summed E-state index contributed by atoms with van der Waals surface area (Å²) >= 11 is 0. The fraction of sp³-hybridized carbons (Fsp3) is 0.278. The van der Waals surface area contributed by atoms with Gasteiger partial charge in [0.15, 0.2) is 0 Å². The number of hydrogen-bond donors (Lipinski definition) is 2. The molecule has 3 N–H and O–H groups in total. The molecule has 3 heteroatoms. The van der Waals surface area contributed by atoms with Crippen molar-refractivity contribution in [2.24, 2.45) is 0 Å². The van der Waals surface area contributed by atoms with Gasteiger partial charge in [0, 0.05) is 12.2 Å². The summed E-state index contributed by atoms with van der Waals surface area (Å²) in [6.07, 6.45) is 1.62. The molecule has 0 aromatic heterocycles. The highest BCUT2D eigenvalue weighted by atomic mass is 16.1. The van der Waals surface area contributed by atoms with Gasteiger partial charge in [0.25, 0.3) is 0 Å². The molecular weight excluding hydrogens is 260 g/mol. The van der Waals surface area contributed by atoms with Crippen LogP contribution in [0.25, 0.3) is 0 Å². The summed E-state index contributed by atoms with van der Waals surface area (Å²) < 4.78 is 0. The summed E-state index contributed by atoms with van der Waals surface area (Å²) in [5.74, 6) is 0.0248. The number of anilines is 1. The Morgan fingerprint density at radius 1 is 1.10 bits per heavy atom. The zero-order valence-corrected chi connectivity index (χ0v) is 12.4. The maximum atomic E-state index is 12.3. The minimum atomic E-state index is -0.0717. The molecular formula is C18H22N2O. The van der Waals surface area contributed by atoms with E-state index in [0.29, 0.717) is 6.54 Å². The maximum absolute atomic E-state index is 12.3. The van der Waals surface area contributed by atoms with Gasteiger partial charge >= 0.3 is 0 Å². The fourth-order valence-electron chi connectivity index (χ4n) is 2.40. The van der Waals surface area contributed by atoms with Gasteiger partial charge in [0.1, 0.15) is 0 Å². The largest absolute Gasteiger partial charge is 0.399 e. The Bertz CT molecular complexity index is 564. The minimum absolute atomic E-state index is 0.0717. The molecule has 2 rings (SSSR count). The van der Waals surface area contributed by atoms with E-state index in [1.807, 2.05) is 61.5 Å². The quantitative estimate of drug-likeness (QED) is 0.800. The van der Waals surface area contributed by atoms with Crippen LogP contribution in [0.5, 0.6) is 0 Å². The van der Waals surface area contributed by atoms with Gasteiger partial charge in [-0.05, 0) is 36.1 Å². The van der Waals surface area contributed by atoms with E-state index in [1.165, 1.54) is 5.56 Å². The van der Waals surface area contributed by atoms with Gasteiger partial charge in [-0.3, -0.25) is 4.79 Å². The molecule has 2 aromatic rings. The van der Waals surface area contributed by atoms with E-state index in [9.17, 15) is 4.79 Å². The van der Waals surface area contributed by atoms with Crippen molar-refractivity contribution in [2.45, 2.75) is 25.7 Å². The number of benzene rings is 2. The summed E-state index contributed by atoms with van der Waals surface area (Å²) in [5.41, 5.74) is 8.67.